The standard InChI is InChI=1S/C30H40N6O6/c1-5-26-32-22-10-9-20(16-25(22)35(26)11-7-13-37)21-14-19(17-31-18-21)15-24(33-29(41)42-30(2,3)4)27(38)36-12-6-8-23(34-36)28(39)40/h9-10,14,16-18,23-24,34,37H,5-8,11-13,15H2,1-4H3,(H,33,41)(H,39,40). The zero-order chi connectivity index (χ0) is 30.4. The first-order chi connectivity index (χ1) is 20.0. The highest BCUT2D eigenvalue weighted by atomic mass is 16.6. The number of hydrazine groups is 1. The number of hydrogen-bond donors (Lipinski definition) is 4. The number of carboxylic acid groups (broad SMARTS) is 1. The van der Waals surface area contributed by atoms with E-state index in [4.69, 9.17) is 9.72 Å². The lowest BCUT2D eigenvalue weighted by Crippen LogP contribution is -2.60. The summed E-state index contributed by atoms with van der Waals surface area (Å²) >= 11 is 0. The van der Waals surface area contributed by atoms with Crippen LogP contribution in [0.25, 0.3) is 22.2 Å². The molecule has 42 heavy (non-hydrogen) atoms. The second kappa shape index (κ2) is 13.3. The van der Waals surface area contributed by atoms with E-state index in [0.29, 0.717) is 37.9 Å². The summed E-state index contributed by atoms with van der Waals surface area (Å²) in [6.07, 6.45) is 5.06. The van der Waals surface area contributed by atoms with Gasteiger partial charge in [0.2, 0.25) is 0 Å². The third-order valence-corrected chi connectivity index (χ3v) is 6.99. The third-order valence-electron chi connectivity index (χ3n) is 6.99. The maximum atomic E-state index is 13.6. The third kappa shape index (κ3) is 7.62. The van der Waals surface area contributed by atoms with Crippen molar-refractivity contribution in [1.82, 2.24) is 30.3 Å². The van der Waals surface area contributed by atoms with E-state index in [1.165, 1.54) is 5.01 Å². The van der Waals surface area contributed by atoms with Crippen LogP contribution in [0.3, 0.4) is 0 Å². The van der Waals surface area contributed by atoms with E-state index in [1.807, 2.05) is 24.3 Å². The van der Waals surface area contributed by atoms with E-state index < -0.39 is 35.7 Å². The number of benzene rings is 1. The molecule has 0 aliphatic carbocycles. The number of amides is 2. The summed E-state index contributed by atoms with van der Waals surface area (Å²) in [5.74, 6) is -0.547. The Balaban J connectivity index is 1.61. The number of pyridine rings is 1. The van der Waals surface area contributed by atoms with E-state index in [0.717, 1.165) is 34.4 Å². The lowest BCUT2D eigenvalue weighted by molar-refractivity contribution is -0.147. The first-order valence-electron chi connectivity index (χ1n) is 14.3. The molecule has 12 nitrogen and oxygen atoms in total. The Hall–Kier alpha value is -4.03. The molecule has 1 fully saturated rings. The maximum Gasteiger partial charge on any atom is 0.408 e. The highest BCUT2D eigenvalue weighted by molar-refractivity contribution is 5.87. The van der Waals surface area contributed by atoms with Gasteiger partial charge < -0.3 is 24.8 Å². The Kier molecular flexibility index (Phi) is 9.79. The second-order valence-corrected chi connectivity index (χ2v) is 11.5. The molecule has 0 bridgehead atoms. The molecule has 0 saturated carbocycles. The van der Waals surface area contributed by atoms with Crippen molar-refractivity contribution in [3.63, 3.8) is 0 Å². The minimum absolute atomic E-state index is 0.0929. The summed E-state index contributed by atoms with van der Waals surface area (Å²) in [4.78, 5) is 47.0. The number of aliphatic hydroxyl groups is 1. The van der Waals surface area contributed by atoms with Crippen LogP contribution < -0.4 is 10.7 Å². The van der Waals surface area contributed by atoms with Crippen LogP contribution in [0.1, 0.15) is 58.3 Å². The highest BCUT2D eigenvalue weighted by Crippen LogP contribution is 2.26. The van der Waals surface area contributed by atoms with Crippen molar-refractivity contribution in [2.75, 3.05) is 13.2 Å². The summed E-state index contributed by atoms with van der Waals surface area (Å²) in [5.41, 5.74) is 6.29. The molecule has 2 unspecified atom stereocenters. The predicted molar refractivity (Wildman–Crippen MR) is 156 cm³/mol. The summed E-state index contributed by atoms with van der Waals surface area (Å²) in [6.45, 7) is 8.32. The fourth-order valence-electron chi connectivity index (χ4n) is 5.05. The number of aryl methyl sites for hydroxylation is 2. The molecule has 1 aromatic carbocycles. The molecular formula is C30H40N6O6. The molecule has 2 atom stereocenters. The van der Waals surface area contributed by atoms with Gasteiger partial charge in [-0.2, -0.15) is 0 Å². The molecule has 226 valence electrons. The number of aliphatic hydroxyl groups excluding tert-OH is 1. The van der Waals surface area contributed by atoms with Crippen molar-refractivity contribution in [2.24, 2.45) is 0 Å². The Labute approximate surface area is 245 Å². The number of carbonyl (C=O) groups is 3. The number of hydrogen-bond acceptors (Lipinski definition) is 8. The number of carboxylic acids is 1. The van der Waals surface area contributed by atoms with Crippen LogP contribution in [0, 0.1) is 0 Å². The lowest BCUT2D eigenvalue weighted by atomic mass is 10.0. The molecule has 3 heterocycles. The fourth-order valence-corrected chi connectivity index (χ4v) is 5.05. The Bertz CT molecular complexity index is 1430. The van der Waals surface area contributed by atoms with Crippen LogP contribution >= 0.6 is 0 Å². The smallest absolute Gasteiger partial charge is 0.408 e. The quantitative estimate of drug-likeness (QED) is 0.283. The van der Waals surface area contributed by atoms with E-state index >= 15 is 0 Å². The monoisotopic (exact) mass is 580 g/mol. The lowest BCUT2D eigenvalue weighted by Gasteiger charge is -2.34. The van der Waals surface area contributed by atoms with E-state index in [9.17, 15) is 24.6 Å². The average molecular weight is 581 g/mol. The van der Waals surface area contributed by atoms with Gasteiger partial charge in [-0.3, -0.25) is 19.6 Å². The first kappa shape index (κ1) is 30.9. The first-order valence-corrected chi connectivity index (χ1v) is 14.3. The van der Waals surface area contributed by atoms with Gasteiger partial charge in [0, 0.05) is 50.5 Å². The van der Waals surface area contributed by atoms with Gasteiger partial charge in [0.05, 0.1) is 11.0 Å². The van der Waals surface area contributed by atoms with Crippen molar-refractivity contribution >= 4 is 29.0 Å². The number of ether oxygens (including phenoxy) is 1. The molecule has 2 aromatic heterocycles. The number of nitrogens with one attached hydrogen (secondary N) is 2. The number of fused-ring (bicyclic) bond motifs is 1. The van der Waals surface area contributed by atoms with Gasteiger partial charge in [0.1, 0.15) is 23.5 Å². The molecule has 4 N–H and O–H groups in total. The largest absolute Gasteiger partial charge is 0.480 e. The minimum Gasteiger partial charge on any atom is -0.480 e. The number of rotatable bonds is 10. The summed E-state index contributed by atoms with van der Waals surface area (Å²) < 4.78 is 7.54. The molecule has 12 heteroatoms. The van der Waals surface area contributed by atoms with Gasteiger partial charge in [0.25, 0.3) is 5.91 Å². The number of aromatic nitrogens is 3. The molecular weight excluding hydrogens is 540 g/mol. The topological polar surface area (TPSA) is 159 Å². The van der Waals surface area contributed by atoms with Crippen LogP contribution in [0.2, 0.25) is 0 Å². The van der Waals surface area contributed by atoms with Crippen LogP contribution in [-0.2, 0) is 33.7 Å². The van der Waals surface area contributed by atoms with Crippen LogP contribution in [0.15, 0.2) is 36.7 Å². The zero-order valence-electron chi connectivity index (χ0n) is 24.6. The van der Waals surface area contributed by atoms with Crippen LogP contribution in [0.4, 0.5) is 4.79 Å². The van der Waals surface area contributed by atoms with Gasteiger partial charge in [-0.05, 0) is 69.4 Å². The SMILES string of the molecule is CCc1nc2ccc(-c3cncc(CC(NC(=O)OC(C)(C)C)C(=O)N4CCCC(C(=O)O)N4)c3)cc2n1CCCO. The summed E-state index contributed by atoms with van der Waals surface area (Å²) in [5, 5.41) is 22.8. The van der Waals surface area contributed by atoms with E-state index in [2.05, 4.69) is 27.2 Å². The van der Waals surface area contributed by atoms with E-state index in [1.54, 1.807) is 33.2 Å². The zero-order valence-corrected chi connectivity index (χ0v) is 24.6. The summed E-state index contributed by atoms with van der Waals surface area (Å²) in [7, 11) is 0. The Morgan fingerprint density at radius 1 is 1.19 bits per heavy atom. The van der Waals surface area contributed by atoms with Gasteiger partial charge in [-0.25, -0.2) is 15.2 Å². The van der Waals surface area contributed by atoms with Gasteiger partial charge in [-0.15, -0.1) is 0 Å². The number of imidazole rings is 1. The molecule has 1 aliphatic rings. The number of carbonyl (C=O) groups excluding carboxylic acids is 2. The second-order valence-electron chi connectivity index (χ2n) is 11.5. The normalized spacial score (nSPS) is 16.3. The minimum atomic E-state index is -1.04. The molecule has 1 aliphatic heterocycles. The fraction of sp³-hybridized carbons (Fsp3) is 0.500. The predicted octanol–water partition coefficient (Wildman–Crippen LogP) is 3.06. The van der Waals surface area contributed by atoms with Crippen molar-refractivity contribution in [3.05, 3.63) is 48.0 Å². The molecule has 0 radical (unpaired) electrons. The number of alkyl carbamates (subject to hydrolysis) is 1. The Morgan fingerprint density at radius 2 is 1.98 bits per heavy atom. The van der Waals surface area contributed by atoms with Crippen molar-refractivity contribution in [3.8, 4) is 11.1 Å². The number of nitrogens with zero attached hydrogens (tertiary/aromatic N) is 4. The van der Waals surface area contributed by atoms with Crippen LogP contribution in [0.5, 0.6) is 0 Å². The molecule has 1 saturated heterocycles. The average Bonchev–Trinajstić information content (AvgIpc) is 3.31. The van der Waals surface area contributed by atoms with Gasteiger partial charge in [0.15, 0.2) is 0 Å². The molecule has 2 amide bonds. The van der Waals surface area contributed by atoms with Crippen molar-refractivity contribution < 1.29 is 29.3 Å². The summed E-state index contributed by atoms with van der Waals surface area (Å²) in [6, 6.07) is 5.99. The maximum absolute atomic E-state index is 13.6. The van der Waals surface area contributed by atoms with Gasteiger partial charge >= 0.3 is 12.1 Å². The number of aliphatic carboxylic acids is 1. The van der Waals surface area contributed by atoms with Crippen molar-refractivity contribution in [1.29, 1.82) is 0 Å². The van der Waals surface area contributed by atoms with Crippen LogP contribution in [-0.4, -0.2) is 78.6 Å². The van der Waals surface area contributed by atoms with Crippen molar-refractivity contribution in [2.45, 2.75) is 84.0 Å². The van der Waals surface area contributed by atoms with E-state index in [-0.39, 0.29) is 13.0 Å². The highest BCUT2D eigenvalue weighted by Gasteiger charge is 2.33. The molecule has 4 rings (SSSR count). The molecule has 3 aromatic rings. The molecule has 0 spiro atoms. The Morgan fingerprint density at radius 3 is 2.67 bits per heavy atom. The van der Waals surface area contributed by atoms with Gasteiger partial charge in [-0.1, -0.05) is 13.0 Å².